The third-order valence-corrected chi connectivity index (χ3v) is 5.41. The molecule has 1 heterocycles. The minimum Gasteiger partial charge on any atom is -0.383 e. The van der Waals surface area contributed by atoms with Crippen LogP contribution < -0.4 is 5.32 Å². The predicted molar refractivity (Wildman–Crippen MR) is 76.0 cm³/mol. The van der Waals surface area contributed by atoms with Crippen molar-refractivity contribution in [2.24, 2.45) is 0 Å². The molecular weight excluding hydrogens is 224 g/mol. The summed E-state index contributed by atoms with van der Waals surface area (Å²) in [5.41, 5.74) is 0.772. The van der Waals surface area contributed by atoms with Gasteiger partial charge in [0.2, 0.25) is 0 Å². The molecule has 18 heavy (non-hydrogen) atoms. The van der Waals surface area contributed by atoms with Crippen LogP contribution in [0.5, 0.6) is 0 Å². The van der Waals surface area contributed by atoms with Crippen LogP contribution in [0, 0.1) is 0 Å². The van der Waals surface area contributed by atoms with Crippen molar-refractivity contribution in [1.82, 2.24) is 10.2 Å². The van der Waals surface area contributed by atoms with Gasteiger partial charge in [-0.05, 0) is 25.7 Å². The topological polar surface area (TPSA) is 24.5 Å². The van der Waals surface area contributed by atoms with Gasteiger partial charge in [-0.1, -0.05) is 26.7 Å². The van der Waals surface area contributed by atoms with Gasteiger partial charge in [0.05, 0.1) is 6.61 Å². The fraction of sp³-hybridized carbons (Fsp3) is 1.00. The summed E-state index contributed by atoms with van der Waals surface area (Å²) in [6.07, 6.45) is 7.99. The lowest BCUT2D eigenvalue weighted by molar-refractivity contribution is -0.0102. The molecule has 0 unspecified atom stereocenters. The van der Waals surface area contributed by atoms with E-state index >= 15 is 0 Å². The molecular formula is C15H30N2O. The largest absolute Gasteiger partial charge is 0.383 e. The highest BCUT2D eigenvalue weighted by molar-refractivity contribution is 5.06. The molecule has 0 aromatic rings. The number of nitrogens with one attached hydrogen (secondary N) is 1. The Morgan fingerprint density at radius 3 is 2.39 bits per heavy atom. The minimum absolute atomic E-state index is 0.335. The molecule has 2 aliphatic rings. The first-order valence-electron chi connectivity index (χ1n) is 7.69. The Morgan fingerprint density at radius 2 is 1.83 bits per heavy atom. The highest BCUT2D eigenvalue weighted by atomic mass is 16.5. The van der Waals surface area contributed by atoms with Crippen molar-refractivity contribution < 1.29 is 4.74 Å². The van der Waals surface area contributed by atoms with Crippen molar-refractivity contribution in [1.29, 1.82) is 0 Å². The van der Waals surface area contributed by atoms with Crippen LogP contribution in [0.2, 0.25) is 0 Å². The monoisotopic (exact) mass is 254 g/mol. The average Bonchev–Trinajstić information content (AvgIpc) is 2.88. The van der Waals surface area contributed by atoms with E-state index in [1.807, 2.05) is 7.11 Å². The average molecular weight is 254 g/mol. The van der Waals surface area contributed by atoms with E-state index in [4.69, 9.17) is 4.74 Å². The second-order valence-electron chi connectivity index (χ2n) is 6.19. The molecule has 1 saturated heterocycles. The second kappa shape index (κ2) is 5.89. The highest BCUT2D eigenvalue weighted by Gasteiger charge is 2.46. The number of ether oxygens (including phenoxy) is 1. The van der Waals surface area contributed by atoms with Crippen molar-refractivity contribution in [2.45, 2.75) is 63.5 Å². The maximum Gasteiger partial charge on any atom is 0.0589 e. The van der Waals surface area contributed by atoms with E-state index in [1.54, 1.807) is 0 Å². The Bertz CT molecular complexity index is 257. The lowest BCUT2D eigenvalue weighted by atomic mass is 9.82. The Hall–Kier alpha value is -0.120. The zero-order chi connectivity index (χ0) is 13.1. The lowest BCUT2D eigenvalue weighted by Crippen LogP contribution is -2.69. The van der Waals surface area contributed by atoms with E-state index in [0.29, 0.717) is 11.1 Å². The van der Waals surface area contributed by atoms with E-state index in [0.717, 1.165) is 13.2 Å². The van der Waals surface area contributed by atoms with Crippen molar-refractivity contribution in [3.8, 4) is 0 Å². The van der Waals surface area contributed by atoms with Crippen molar-refractivity contribution in [2.75, 3.05) is 33.4 Å². The maximum atomic E-state index is 5.32. The van der Waals surface area contributed by atoms with Crippen LogP contribution in [0.15, 0.2) is 0 Å². The van der Waals surface area contributed by atoms with E-state index in [2.05, 4.69) is 24.1 Å². The van der Waals surface area contributed by atoms with Crippen molar-refractivity contribution in [3.63, 3.8) is 0 Å². The Morgan fingerprint density at radius 1 is 1.17 bits per heavy atom. The third-order valence-electron chi connectivity index (χ3n) is 5.41. The molecule has 2 fully saturated rings. The van der Waals surface area contributed by atoms with Crippen LogP contribution in [0.25, 0.3) is 0 Å². The summed E-state index contributed by atoms with van der Waals surface area (Å²) in [5.74, 6) is 0. The quantitative estimate of drug-likeness (QED) is 0.815. The number of rotatable bonds is 5. The molecule has 1 aliphatic heterocycles. The number of piperazine rings is 1. The van der Waals surface area contributed by atoms with Gasteiger partial charge in [0.1, 0.15) is 0 Å². The van der Waals surface area contributed by atoms with Gasteiger partial charge < -0.3 is 10.1 Å². The van der Waals surface area contributed by atoms with Crippen LogP contribution in [-0.2, 0) is 4.74 Å². The van der Waals surface area contributed by atoms with Crippen molar-refractivity contribution in [3.05, 3.63) is 0 Å². The van der Waals surface area contributed by atoms with Crippen LogP contribution in [0.1, 0.15) is 52.4 Å². The standard InChI is InChI=1S/C15H30N2O/c1-4-14(5-2)13-17(10-11-18-3)15(12-16-14)8-6-7-9-15/h16H,4-13H2,1-3H3. The molecule has 1 spiro atoms. The molecule has 1 aliphatic carbocycles. The van der Waals surface area contributed by atoms with Crippen LogP contribution >= 0.6 is 0 Å². The van der Waals surface area contributed by atoms with Gasteiger partial charge in [-0.25, -0.2) is 0 Å². The zero-order valence-electron chi connectivity index (χ0n) is 12.4. The van der Waals surface area contributed by atoms with Gasteiger partial charge in [0.15, 0.2) is 0 Å². The number of methoxy groups -OCH3 is 1. The summed E-state index contributed by atoms with van der Waals surface area (Å²) < 4.78 is 5.32. The summed E-state index contributed by atoms with van der Waals surface area (Å²) in [6.45, 7) is 8.97. The molecule has 0 bridgehead atoms. The summed E-state index contributed by atoms with van der Waals surface area (Å²) in [5, 5.41) is 3.89. The first-order valence-corrected chi connectivity index (χ1v) is 7.69. The molecule has 3 heteroatoms. The normalized spacial score (nSPS) is 26.8. The van der Waals surface area contributed by atoms with Gasteiger partial charge in [-0.15, -0.1) is 0 Å². The third kappa shape index (κ3) is 2.59. The smallest absolute Gasteiger partial charge is 0.0589 e. The van der Waals surface area contributed by atoms with E-state index < -0.39 is 0 Å². The fourth-order valence-corrected chi connectivity index (χ4v) is 3.82. The van der Waals surface area contributed by atoms with E-state index in [-0.39, 0.29) is 0 Å². The Kier molecular flexibility index (Phi) is 4.68. The molecule has 0 amide bonds. The van der Waals surface area contributed by atoms with Crippen LogP contribution in [0.3, 0.4) is 0 Å². The van der Waals surface area contributed by atoms with E-state index in [1.165, 1.54) is 51.6 Å². The van der Waals surface area contributed by atoms with Gasteiger partial charge in [0.25, 0.3) is 0 Å². The Labute approximate surface area is 112 Å². The SMILES string of the molecule is CCC1(CC)CN(CCOC)C2(CCCC2)CN1. The Balaban J connectivity index is 2.09. The van der Waals surface area contributed by atoms with Crippen molar-refractivity contribution >= 4 is 0 Å². The molecule has 0 atom stereocenters. The molecule has 106 valence electrons. The van der Waals surface area contributed by atoms with E-state index in [9.17, 15) is 0 Å². The highest BCUT2D eigenvalue weighted by Crippen LogP contribution is 2.39. The molecule has 3 nitrogen and oxygen atoms in total. The molecule has 0 aromatic carbocycles. The first kappa shape index (κ1) is 14.3. The fourth-order valence-electron chi connectivity index (χ4n) is 3.82. The van der Waals surface area contributed by atoms with Gasteiger partial charge >= 0.3 is 0 Å². The van der Waals surface area contributed by atoms with Crippen LogP contribution in [-0.4, -0.2) is 49.3 Å². The number of hydrogen-bond donors (Lipinski definition) is 1. The zero-order valence-corrected chi connectivity index (χ0v) is 12.4. The lowest BCUT2D eigenvalue weighted by Gasteiger charge is -2.53. The summed E-state index contributed by atoms with van der Waals surface area (Å²) >= 11 is 0. The molecule has 1 N–H and O–H groups in total. The molecule has 2 rings (SSSR count). The number of hydrogen-bond acceptors (Lipinski definition) is 3. The molecule has 1 saturated carbocycles. The summed E-state index contributed by atoms with van der Waals surface area (Å²) in [6, 6.07) is 0. The summed E-state index contributed by atoms with van der Waals surface area (Å²) in [4.78, 5) is 2.74. The van der Waals surface area contributed by atoms with Gasteiger partial charge in [-0.2, -0.15) is 0 Å². The van der Waals surface area contributed by atoms with Crippen LogP contribution in [0.4, 0.5) is 0 Å². The predicted octanol–water partition coefficient (Wildman–Crippen LogP) is 2.41. The summed E-state index contributed by atoms with van der Waals surface area (Å²) in [7, 11) is 1.82. The maximum absolute atomic E-state index is 5.32. The van der Waals surface area contributed by atoms with Gasteiger partial charge in [-0.3, -0.25) is 4.90 Å². The number of nitrogens with zero attached hydrogens (tertiary/aromatic N) is 1. The molecule has 0 aromatic heterocycles. The second-order valence-corrected chi connectivity index (χ2v) is 6.19. The minimum atomic E-state index is 0.335. The first-order chi connectivity index (χ1) is 8.70. The van der Waals surface area contributed by atoms with Gasteiger partial charge in [0, 0.05) is 37.8 Å². The molecule has 0 radical (unpaired) electrons.